The van der Waals surface area contributed by atoms with Crippen LogP contribution in [0.25, 0.3) is 0 Å². The molecule has 1 atom stereocenters. The third-order valence-corrected chi connectivity index (χ3v) is 14.3. The molecule has 5 nitrogen and oxygen atoms in total. The van der Waals surface area contributed by atoms with Crippen molar-refractivity contribution in [3.63, 3.8) is 0 Å². The maximum Gasteiger partial charge on any atom is 0.477 e. The third kappa shape index (κ3) is 14.7. The van der Waals surface area contributed by atoms with E-state index in [1.165, 1.54) is 0 Å². The molecule has 0 spiro atoms. The molecule has 0 bridgehead atoms. The lowest BCUT2D eigenvalue weighted by molar-refractivity contribution is -0.0927. The van der Waals surface area contributed by atoms with Gasteiger partial charge in [-0.3, -0.25) is 0 Å². The molecule has 0 aromatic rings. The van der Waals surface area contributed by atoms with E-state index in [1.54, 1.807) is 0 Å². The molecule has 0 aliphatic rings. The van der Waals surface area contributed by atoms with E-state index < -0.39 is 42.1 Å². The second-order valence-corrected chi connectivity index (χ2v) is 33.0. The Bertz CT molecular complexity index is 418. The first-order valence-corrected chi connectivity index (χ1v) is 27.4. The average molecular weight is 487 g/mol. The minimum Gasteiger partial charge on any atom is -0.417 e. The van der Waals surface area contributed by atoms with Crippen molar-refractivity contribution >= 4 is 52.3 Å². The zero-order chi connectivity index (χ0) is 21.9. The van der Waals surface area contributed by atoms with Crippen LogP contribution in [-0.2, 0) is 21.5 Å². The van der Waals surface area contributed by atoms with E-state index in [2.05, 4.69) is 85.1 Å². The molecule has 0 fully saturated rings. The molecule has 0 rings (SSSR count). The number of hydrogen-bond donors (Lipinski definition) is 0. The van der Waals surface area contributed by atoms with Crippen LogP contribution in [0, 0.1) is 0 Å². The predicted octanol–water partition coefficient (Wildman–Crippen LogP) is 4.46. The fourth-order valence-corrected chi connectivity index (χ4v) is 16.1. The summed E-state index contributed by atoms with van der Waals surface area (Å²) in [6.07, 6.45) is -0.456. The smallest absolute Gasteiger partial charge is 0.417 e. The van der Waals surface area contributed by atoms with Gasteiger partial charge in [0.1, 0.15) is 0 Å². The second kappa shape index (κ2) is 9.94. The monoisotopic (exact) mass is 486 g/mol. The summed E-state index contributed by atoms with van der Waals surface area (Å²) in [5.74, 6) is 0. The van der Waals surface area contributed by atoms with Crippen LogP contribution in [0.5, 0.6) is 0 Å². The molecular weight excluding hydrogens is 441 g/mol. The van der Waals surface area contributed by atoms with Gasteiger partial charge in [-0.1, -0.05) is 0 Å². The van der Waals surface area contributed by atoms with Crippen molar-refractivity contribution in [2.24, 2.45) is 0 Å². The summed E-state index contributed by atoms with van der Waals surface area (Å²) < 4.78 is 32.7. The normalized spacial score (nSPS) is 16.2. The van der Waals surface area contributed by atoms with Crippen molar-refractivity contribution in [3.05, 3.63) is 0 Å². The van der Waals surface area contributed by atoms with Gasteiger partial charge in [0, 0.05) is 16.8 Å². The second-order valence-electron chi connectivity index (χ2n) is 11.2. The van der Waals surface area contributed by atoms with Gasteiger partial charge in [0.2, 0.25) is 0 Å². The van der Waals surface area contributed by atoms with Crippen molar-refractivity contribution in [1.29, 1.82) is 0 Å². The van der Waals surface area contributed by atoms with Crippen LogP contribution >= 0.6 is 0 Å². The van der Waals surface area contributed by atoms with Gasteiger partial charge in [-0.05, 0) is 84.6 Å². The molecular formula is C16H46O5Si6. The molecule has 0 saturated heterocycles. The molecule has 1 unspecified atom stereocenters. The Morgan fingerprint density at radius 1 is 0.556 bits per heavy atom. The Balaban J connectivity index is 5.73. The zero-order valence-corrected chi connectivity index (χ0v) is 27.4. The fourth-order valence-electron chi connectivity index (χ4n) is 2.66. The Labute approximate surface area is 177 Å². The summed E-state index contributed by atoms with van der Waals surface area (Å²) in [5, 5.41) is 0. The molecule has 0 amide bonds. The van der Waals surface area contributed by atoms with Gasteiger partial charge in [0.15, 0.2) is 39.6 Å². The summed E-state index contributed by atoms with van der Waals surface area (Å²) >= 11 is 0. The molecule has 0 saturated carbocycles. The van der Waals surface area contributed by atoms with Gasteiger partial charge in [-0.2, -0.15) is 0 Å². The SMILES string of the molecule is C[Si](C)(C)OC(O[Si](C)(C)C)C(C[SiH3])O[Si](C)(O[Si](C)(C)C)O[Si](C)(C)C. The maximum atomic E-state index is 6.69. The predicted molar refractivity (Wildman–Crippen MR) is 133 cm³/mol. The van der Waals surface area contributed by atoms with E-state index in [1.807, 2.05) is 0 Å². The van der Waals surface area contributed by atoms with Crippen LogP contribution in [0.3, 0.4) is 0 Å². The van der Waals surface area contributed by atoms with E-state index in [-0.39, 0.29) is 12.4 Å². The van der Waals surface area contributed by atoms with Gasteiger partial charge in [-0.15, -0.1) is 0 Å². The van der Waals surface area contributed by atoms with Crippen LogP contribution in [0.15, 0.2) is 0 Å². The zero-order valence-electron chi connectivity index (χ0n) is 20.4. The first-order chi connectivity index (χ1) is 11.6. The third-order valence-electron chi connectivity index (χ3n) is 2.99. The Morgan fingerprint density at radius 2 is 0.889 bits per heavy atom. The van der Waals surface area contributed by atoms with Crippen LogP contribution in [0.4, 0.5) is 0 Å². The van der Waals surface area contributed by atoms with Crippen molar-refractivity contribution in [3.8, 4) is 0 Å². The molecule has 0 aliphatic carbocycles. The molecule has 0 heterocycles. The first kappa shape index (κ1) is 28.1. The number of hydrogen-bond acceptors (Lipinski definition) is 5. The van der Waals surface area contributed by atoms with E-state index in [9.17, 15) is 0 Å². The molecule has 164 valence electrons. The van der Waals surface area contributed by atoms with Crippen LogP contribution < -0.4 is 0 Å². The lowest BCUT2D eigenvalue weighted by atomic mass is 10.4. The van der Waals surface area contributed by atoms with Crippen molar-refractivity contribution in [1.82, 2.24) is 0 Å². The van der Waals surface area contributed by atoms with Crippen molar-refractivity contribution < 1.29 is 21.5 Å². The summed E-state index contributed by atoms with van der Waals surface area (Å²) in [6.45, 7) is 28.4. The first-order valence-electron chi connectivity index (χ1n) is 10.1. The highest BCUT2D eigenvalue weighted by Gasteiger charge is 2.47. The van der Waals surface area contributed by atoms with E-state index >= 15 is 0 Å². The van der Waals surface area contributed by atoms with E-state index in [0.717, 1.165) is 16.3 Å². The van der Waals surface area contributed by atoms with Crippen LogP contribution in [0.2, 0.25) is 91.2 Å². The summed E-state index contributed by atoms with van der Waals surface area (Å²) in [4.78, 5) is 0. The van der Waals surface area contributed by atoms with Gasteiger partial charge in [0.05, 0.1) is 6.10 Å². The lowest BCUT2D eigenvalue weighted by Gasteiger charge is -2.42. The standard InChI is InChI=1S/C16H46O5Si6/c1-23(2,3)18-16(19-24(4,5)6)15(14-22)17-27(13,20-25(7,8)9)21-26(10,11)12/h15-16H,14H2,1-13,22H3. The largest absolute Gasteiger partial charge is 0.477 e. The molecule has 27 heavy (non-hydrogen) atoms. The molecule has 0 aromatic heterocycles. The maximum absolute atomic E-state index is 6.69. The van der Waals surface area contributed by atoms with Gasteiger partial charge >= 0.3 is 8.80 Å². The molecule has 11 heteroatoms. The van der Waals surface area contributed by atoms with Crippen molar-refractivity contribution in [2.75, 3.05) is 0 Å². The average Bonchev–Trinajstić information content (AvgIpc) is 2.26. The van der Waals surface area contributed by atoms with Crippen LogP contribution in [-0.4, -0.2) is 64.7 Å². The highest BCUT2D eigenvalue weighted by atomic mass is 28.5. The minimum absolute atomic E-state index is 0.125. The summed E-state index contributed by atoms with van der Waals surface area (Å²) in [7, 11) is -9.00. The highest BCUT2D eigenvalue weighted by molar-refractivity contribution is 6.85. The quantitative estimate of drug-likeness (QED) is 0.301. The number of rotatable bonds is 12. The Kier molecular flexibility index (Phi) is 10.3. The fraction of sp³-hybridized carbons (Fsp3) is 1.00. The minimum atomic E-state index is -2.80. The summed E-state index contributed by atoms with van der Waals surface area (Å²) in [6, 6.07) is 0.937. The lowest BCUT2D eigenvalue weighted by Crippen LogP contribution is -2.58. The van der Waals surface area contributed by atoms with Gasteiger partial charge < -0.3 is 21.5 Å². The van der Waals surface area contributed by atoms with Gasteiger partial charge in [0.25, 0.3) is 0 Å². The topological polar surface area (TPSA) is 46.2 Å². The Hall–Kier alpha value is 1.10. The van der Waals surface area contributed by atoms with Gasteiger partial charge in [-0.25, -0.2) is 0 Å². The van der Waals surface area contributed by atoms with E-state index in [0.29, 0.717) is 0 Å². The Morgan fingerprint density at radius 3 is 1.11 bits per heavy atom. The molecule has 0 radical (unpaired) electrons. The van der Waals surface area contributed by atoms with Crippen LogP contribution in [0.1, 0.15) is 0 Å². The summed E-state index contributed by atoms with van der Waals surface area (Å²) in [5.41, 5.74) is 0. The highest BCUT2D eigenvalue weighted by Crippen LogP contribution is 2.27. The van der Waals surface area contributed by atoms with Crippen molar-refractivity contribution in [2.45, 2.75) is 104 Å². The molecule has 0 N–H and O–H groups in total. The molecule has 0 aliphatic heterocycles. The van der Waals surface area contributed by atoms with E-state index in [4.69, 9.17) is 21.5 Å². The molecule has 0 aromatic carbocycles.